The van der Waals surface area contributed by atoms with Crippen LogP contribution in [0.1, 0.15) is 13.3 Å². The molecule has 0 fully saturated rings. The van der Waals surface area contributed by atoms with Crippen molar-refractivity contribution in [1.82, 2.24) is 0 Å². The normalized spacial score (nSPS) is 30.7. The van der Waals surface area contributed by atoms with Gasteiger partial charge in [-0.2, -0.15) is 0 Å². The van der Waals surface area contributed by atoms with Crippen LogP contribution < -0.4 is 5.73 Å². The van der Waals surface area contributed by atoms with Crippen LogP contribution in [0.2, 0.25) is 0 Å². The van der Waals surface area contributed by atoms with Crippen molar-refractivity contribution < 1.29 is 31.9 Å². The summed E-state index contributed by atoms with van der Waals surface area (Å²) in [6, 6.07) is 0. The van der Waals surface area contributed by atoms with E-state index >= 15 is 0 Å². The van der Waals surface area contributed by atoms with Gasteiger partial charge in [0, 0.05) is 0 Å². The molecule has 1 aliphatic carbocycles. The lowest BCUT2D eigenvalue weighted by molar-refractivity contribution is -0.149. The van der Waals surface area contributed by atoms with Crippen LogP contribution in [0, 0.1) is 5.92 Å². The van der Waals surface area contributed by atoms with E-state index in [0.29, 0.717) is 0 Å². The zero-order valence-electron chi connectivity index (χ0n) is 9.18. The fourth-order valence-corrected chi connectivity index (χ4v) is 1.82. The Bertz CT molecular complexity index is 448. The summed E-state index contributed by atoms with van der Waals surface area (Å²) < 4.78 is 67.2. The molecule has 1 aliphatic rings. The van der Waals surface area contributed by atoms with Crippen molar-refractivity contribution in [3.05, 3.63) is 23.2 Å². The summed E-state index contributed by atoms with van der Waals surface area (Å²) in [5, 5.41) is 8.70. The van der Waals surface area contributed by atoms with Gasteiger partial charge in [0.25, 0.3) is 0 Å². The van der Waals surface area contributed by atoms with Gasteiger partial charge >= 0.3 is 5.97 Å². The van der Waals surface area contributed by atoms with E-state index in [1.807, 2.05) is 0 Å². The fraction of sp³-hybridized carbons (Fsp3) is 0.500. The molecule has 0 unspecified atom stereocenters. The largest absolute Gasteiger partial charge is 0.481 e. The molecule has 0 aromatic rings. The Kier molecular flexibility index (Phi) is 3.68. The number of nitrogens with two attached hydrogens (primary N) is 1. The number of hydrogen-bond acceptors (Lipinski definition) is 2. The minimum Gasteiger partial charge on any atom is -0.481 e. The molecule has 0 spiro atoms. The number of halogens is 5. The van der Waals surface area contributed by atoms with E-state index < -0.39 is 53.3 Å². The van der Waals surface area contributed by atoms with Crippen molar-refractivity contribution in [2.45, 2.75) is 25.2 Å². The molecule has 18 heavy (non-hydrogen) atoms. The quantitative estimate of drug-likeness (QED) is 0.775. The number of alkyl halides is 2. The van der Waals surface area contributed by atoms with Gasteiger partial charge in [0.05, 0.1) is 5.70 Å². The average Bonchev–Trinajstić information content (AvgIpc) is 2.32. The summed E-state index contributed by atoms with van der Waals surface area (Å²) in [6.07, 6.45) is -3.62. The van der Waals surface area contributed by atoms with Crippen LogP contribution >= 0.6 is 0 Å². The molecule has 0 amide bonds. The molecule has 0 aromatic carbocycles. The number of carboxylic acids is 1. The third-order valence-electron chi connectivity index (χ3n) is 2.83. The average molecular weight is 271 g/mol. The monoisotopic (exact) mass is 271 g/mol. The van der Waals surface area contributed by atoms with Gasteiger partial charge in [-0.15, -0.1) is 0 Å². The number of allylic oxidation sites excluding steroid dienone is 4. The molecule has 0 heterocycles. The highest BCUT2D eigenvalue weighted by Crippen LogP contribution is 2.47. The van der Waals surface area contributed by atoms with Crippen LogP contribution in [0.15, 0.2) is 23.2 Å². The van der Waals surface area contributed by atoms with Crippen molar-refractivity contribution in [2.24, 2.45) is 11.7 Å². The maximum absolute atomic E-state index is 14.2. The van der Waals surface area contributed by atoms with Gasteiger partial charge in [-0.25, -0.2) is 22.0 Å². The molecule has 102 valence electrons. The van der Waals surface area contributed by atoms with E-state index in [9.17, 15) is 26.7 Å². The first-order valence-corrected chi connectivity index (χ1v) is 4.96. The van der Waals surface area contributed by atoms with Crippen molar-refractivity contribution >= 4 is 5.97 Å². The standard InChI is InChI=1S/C10H10F5NO2/c1-2-3(9(17)18)10(15)7(13)5(12)4(11)6(16)8(10)14/h3,8H,2,16H2,1H3,(H,17,18)/t3-,8-,10+/m1/s1. The van der Waals surface area contributed by atoms with Crippen LogP contribution in [0.3, 0.4) is 0 Å². The smallest absolute Gasteiger partial charge is 0.310 e. The second kappa shape index (κ2) is 4.58. The highest BCUT2D eigenvalue weighted by Gasteiger charge is 2.59. The van der Waals surface area contributed by atoms with Crippen LogP contribution in [0.5, 0.6) is 0 Å². The Labute approximate surface area is 98.8 Å². The van der Waals surface area contributed by atoms with E-state index in [0.717, 1.165) is 6.92 Å². The molecule has 0 radical (unpaired) electrons. The number of aliphatic carboxylic acids is 1. The molecule has 3 nitrogen and oxygen atoms in total. The van der Waals surface area contributed by atoms with Gasteiger partial charge in [-0.05, 0) is 6.42 Å². The van der Waals surface area contributed by atoms with E-state index in [-0.39, 0.29) is 0 Å². The first-order valence-electron chi connectivity index (χ1n) is 4.96. The second-order valence-corrected chi connectivity index (χ2v) is 3.83. The van der Waals surface area contributed by atoms with Gasteiger partial charge in [0.2, 0.25) is 5.67 Å². The summed E-state index contributed by atoms with van der Waals surface area (Å²) >= 11 is 0. The number of rotatable bonds is 3. The molecule has 3 N–H and O–H groups in total. The third-order valence-corrected chi connectivity index (χ3v) is 2.83. The van der Waals surface area contributed by atoms with E-state index in [1.165, 1.54) is 0 Å². The van der Waals surface area contributed by atoms with Gasteiger partial charge in [-0.1, -0.05) is 6.92 Å². The highest BCUT2D eigenvalue weighted by molar-refractivity contribution is 5.73. The lowest BCUT2D eigenvalue weighted by Gasteiger charge is -2.34. The van der Waals surface area contributed by atoms with Gasteiger partial charge in [0.15, 0.2) is 23.7 Å². The maximum atomic E-state index is 14.2. The lowest BCUT2D eigenvalue weighted by Crippen LogP contribution is -2.51. The van der Waals surface area contributed by atoms with Crippen molar-refractivity contribution in [1.29, 1.82) is 0 Å². The Morgan fingerprint density at radius 3 is 2.33 bits per heavy atom. The summed E-state index contributed by atoms with van der Waals surface area (Å²) in [6.45, 7) is 1.14. The number of carbonyl (C=O) groups is 1. The van der Waals surface area contributed by atoms with E-state index in [2.05, 4.69) is 0 Å². The molecule has 8 heteroatoms. The Morgan fingerprint density at radius 1 is 1.44 bits per heavy atom. The summed E-state index contributed by atoms with van der Waals surface area (Å²) in [5.41, 5.74) is -0.534. The molecule has 0 saturated heterocycles. The van der Waals surface area contributed by atoms with Crippen LogP contribution in [-0.4, -0.2) is 22.9 Å². The highest BCUT2D eigenvalue weighted by atomic mass is 19.2. The summed E-state index contributed by atoms with van der Waals surface area (Å²) in [7, 11) is 0. The summed E-state index contributed by atoms with van der Waals surface area (Å²) in [4.78, 5) is 10.8. The summed E-state index contributed by atoms with van der Waals surface area (Å²) in [5.74, 6) is -10.9. The van der Waals surface area contributed by atoms with Gasteiger partial charge < -0.3 is 10.8 Å². The Morgan fingerprint density at radius 2 is 1.94 bits per heavy atom. The van der Waals surface area contributed by atoms with Gasteiger partial charge in [-0.3, -0.25) is 4.79 Å². The molecule has 1 rings (SSSR count). The van der Waals surface area contributed by atoms with Crippen LogP contribution in [-0.2, 0) is 4.79 Å². The molecule has 3 atom stereocenters. The lowest BCUT2D eigenvalue weighted by atomic mass is 9.78. The topological polar surface area (TPSA) is 63.3 Å². The Balaban J connectivity index is 3.45. The van der Waals surface area contributed by atoms with E-state index in [1.54, 1.807) is 0 Å². The van der Waals surface area contributed by atoms with Crippen molar-refractivity contribution in [2.75, 3.05) is 0 Å². The number of carboxylic acid groups (broad SMARTS) is 1. The predicted octanol–water partition coefficient (Wildman–Crippen LogP) is 2.45. The first kappa shape index (κ1) is 14.5. The molecule has 0 bridgehead atoms. The number of hydrogen-bond donors (Lipinski definition) is 2. The predicted molar refractivity (Wildman–Crippen MR) is 51.7 cm³/mol. The first-order chi connectivity index (χ1) is 8.19. The molecular weight excluding hydrogens is 261 g/mol. The van der Waals surface area contributed by atoms with Crippen LogP contribution in [0.4, 0.5) is 22.0 Å². The van der Waals surface area contributed by atoms with E-state index in [4.69, 9.17) is 10.8 Å². The molecular formula is C10H10F5NO2. The zero-order valence-corrected chi connectivity index (χ0v) is 9.18. The Hall–Kier alpha value is -1.60. The zero-order chi connectivity index (χ0) is 14.2. The molecule has 0 saturated carbocycles. The van der Waals surface area contributed by atoms with Crippen molar-refractivity contribution in [3.8, 4) is 0 Å². The minimum atomic E-state index is -3.84. The minimum absolute atomic E-state index is 0.526. The van der Waals surface area contributed by atoms with Gasteiger partial charge in [0.1, 0.15) is 5.92 Å². The molecule has 0 aromatic heterocycles. The second-order valence-electron chi connectivity index (χ2n) is 3.83. The molecule has 0 aliphatic heterocycles. The SMILES string of the molecule is CC[C@H](C(=O)O)[C@]1(F)C(F)=C(F)C(F)=C(N)[C@H]1F. The van der Waals surface area contributed by atoms with Crippen LogP contribution in [0.25, 0.3) is 0 Å². The fourth-order valence-electron chi connectivity index (χ4n) is 1.82. The maximum Gasteiger partial charge on any atom is 0.310 e. The van der Waals surface area contributed by atoms with Crippen molar-refractivity contribution in [3.63, 3.8) is 0 Å². The third kappa shape index (κ3) is 1.75.